The van der Waals surface area contributed by atoms with Crippen molar-refractivity contribution in [2.24, 2.45) is 0 Å². The highest BCUT2D eigenvalue weighted by molar-refractivity contribution is 6.76. The zero-order valence-corrected chi connectivity index (χ0v) is 14.2. The summed E-state index contributed by atoms with van der Waals surface area (Å²) >= 11 is 0. The highest BCUT2D eigenvalue weighted by atomic mass is 28.3. The third kappa shape index (κ3) is 4.15. The van der Waals surface area contributed by atoms with Crippen LogP contribution in [0, 0.1) is 0 Å². The number of hydrogen-bond donors (Lipinski definition) is 0. The zero-order valence-electron chi connectivity index (χ0n) is 13.2. The zero-order chi connectivity index (χ0) is 16.2. The van der Waals surface area contributed by atoms with Crippen LogP contribution in [0.15, 0.2) is 60.7 Å². The Morgan fingerprint density at radius 2 is 1.14 bits per heavy atom. The number of imide groups is 1. The van der Waals surface area contributed by atoms with E-state index in [1.165, 1.54) is 4.90 Å². The molecule has 0 aliphatic carbocycles. The molecule has 2 amide bonds. The quantitative estimate of drug-likeness (QED) is 0.635. The highest BCUT2D eigenvalue weighted by Gasteiger charge is 2.29. The van der Waals surface area contributed by atoms with Crippen molar-refractivity contribution in [3.8, 4) is 0 Å². The second-order valence-electron chi connectivity index (χ2n) is 6.49. The molecule has 0 aliphatic rings. The fourth-order valence-electron chi connectivity index (χ4n) is 2.18. The van der Waals surface area contributed by atoms with E-state index in [-0.39, 0.29) is 11.8 Å². The van der Waals surface area contributed by atoms with E-state index in [0.29, 0.717) is 17.3 Å². The molecule has 0 saturated carbocycles. The van der Waals surface area contributed by atoms with Crippen LogP contribution in [-0.2, 0) is 0 Å². The summed E-state index contributed by atoms with van der Waals surface area (Å²) in [6.45, 7) is 6.45. The van der Waals surface area contributed by atoms with Gasteiger partial charge in [0, 0.05) is 17.3 Å². The van der Waals surface area contributed by atoms with E-state index in [9.17, 15) is 9.59 Å². The van der Waals surface area contributed by atoms with Gasteiger partial charge in [0.05, 0.1) is 8.07 Å². The summed E-state index contributed by atoms with van der Waals surface area (Å²) in [5.41, 5.74) is 1.09. The summed E-state index contributed by atoms with van der Waals surface area (Å²) in [6, 6.07) is 18.0. The number of carbonyl (C=O) groups is 2. The maximum atomic E-state index is 12.8. The van der Waals surface area contributed by atoms with Crippen molar-refractivity contribution in [1.29, 1.82) is 0 Å². The average Bonchev–Trinajstić information content (AvgIpc) is 2.52. The molecule has 3 nitrogen and oxygen atoms in total. The second-order valence-corrected chi connectivity index (χ2v) is 11.9. The van der Waals surface area contributed by atoms with Crippen LogP contribution in [0.4, 0.5) is 0 Å². The fourth-order valence-corrected chi connectivity index (χ4v) is 3.42. The second kappa shape index (κ2) is 6.71. The van der Waals surface area contributed by atoms with Gasteiger partial charge in [-0.05, 0) is 24.3 Å². The summed E-state index contributed by atoms with van der Waals surface area (Å²) < 4.78 is 0. The van der Waals surface area contributed by atoms with Gasteiger partial charge in [-0.3, -0.25) is 14.5 Å². The molecule has 0 saturated heterocycles. The van der Waals surface area contributed by atoms with Crippen LogP contribution in [0.2, 0.25) is 19.6 Å². The van der Waals surface area contributed by atoms with Crippen LogP contribution in [-0.4, -0.2) is 31.0 Å². The van der Waals surface area contributed by atoms with Gasteiger partial charge in [0.25, 0.3) is 11.8 Å². The van der Waals surface area contributed by atoms with Crippen LogP contribution in [0.5, 0.6) is 0 Å². The van der Waals surface area contributed by atoms with Gasteiger partial charge in [0.1, 0.15) is 0 Å². The van der Waals surface area contributed by atoms with Gasteiger partial charge in [-0.25, -0.2) is 0 Å². The van der Waals surface area contributed by atoms with Gasteiger partial charge in [0.2, 0.25) is 0 Å². The third-order valence-corrected chi connectivity index (χ3v) is 4.43. The molecular weight excluding hydrogens is 290 g/mol. The molecule has 0 aromatic heterocycles. The summed E-state index contributed by atoms with van der Waals surface area (Å²) in [4.78, 5) is 26.9. The first kappa shape index (κ1) is 16.2. The number of amides is 2. The van der Waals surface area contributed by atoms with Crippen molar-refractivity contribution in [3.63, 3.8) is 0 Å². The van der Waals surface area contributed by atoms with Crippen molar-refractivity contribution < 1.29 is 9.59 Å². The Hall–Kier alpha value is -2.20. The minimum absolute atomic E-state index is 0.225. The van der Waals surface area contributed by atoms with Crippen molar-refractivity contribution >= 4 is 19.9 Å². The van der Waals surface area contributed by atoms with E-state index in [1.54, 1.807) is 24.3 Å². The number of rotatable bonds is 4. The van der Waals surface area contributed by atoms with Crippen LogP contribution >= 0.6 is 0 Å². The van der Waals surface area contributed by atoms with Gasteiger partial charge in [-0.1, -0.05) is 56.0 Å². The summed E-state index contributed by atoms with van der Waals surface area (Å²) in [5.74, 6) is -0.450. The summed E-state index contributed by atoms with van der Waals surface area (Å²) in [6.07, 6.45) is 0.508. The van der Waals surface area contributed by atoms with Crippen molar-refractivity contribution in [1.82, 2.24) is 4.90 Å². The lowest BCUT2D eigenvalue weighted by atomic mass is 10.1. The number of nitrogens with zero attached hydrogens (tertiary/aromatic N) is 1. The van der Waals surface area contributed by atoms with Crippen LogP contribution in [0.1, 0.15) is 20.7 Å². The summed E-state index contributed by atoms with van der Waals surface area (Å²) in [5, 5.41) is 0. The molecule has 0 bridgehead atoms. The molecule has 22 heavy (non-hydrogen) atoms. The topological polar surface area (TPSA) is 37.4 Å². The van der Waals surface area contributed by atoms with Crippen molar-refractivity contribution in [2.75, 3.05) is 6.17 Å². The number of hydrogen-bond acceptors (Lipinski definition) is 2. The lowest BCUT2D eigenvalue weighted by Gasteiger charge is -2.27. The standard InChI is InChI=1S/C18H21NO2Si/c1-22(2,3)14-19(17(20)15-10-6-4-7-11-15)18(21)16-12-8-5-9-13-16/h4-13H,14H2,1-3H3. The Kier molecular flexibility index (Phi) is 4.93. The van der Waals surface area contributed by atoms with E-state index >= 15 is 0 Å². The minimum atomic E-state index is -1.63. The molecule has 0 N–H and O–H groups in total. The van der Waals surface area contributed by atoms with Crippen LogP contribution in [0.3, 0.4) is 0 Å². The van der Waals surface area contributed by atoms with Crippen LogP contribution < -0.4 is 0 Å². The Labute approximate surface area is 132 Å². The maximum absolute atomic E-state index is 12.8. The largest absolute Gasteiger partial charge is 0.277 e. The predicted molar refractivity (Wildman–Crippen MR) is 91.6 cm³/mol. The van der Waals surface area contributed by atoms with Gasteiger partial charge >= 0.3 is 0 Å². The SMILES string of the molecule is C[Si](C)(C)CN(C(=O)c1ccccc1)C(=O)c1ccccc1. The van der Waals surface area contributed by atoms with Gasteiger partial charge in [-0.2, -0.15) is 0 Å². The summed E-state index contributed by atoms with van der Waals surface area (Å²) in [7, 11) is -1.63. The molecule has 0 radical (unpaired) electrons. The Balaban J connectivity index is 2.35. The van der Waals surface area contributed by atoms with E-state index < -0.39 is 8.07 Å². The van der Waals surface area contributed by atoms with Crippen LogP contribution in [0.25, 0.3) is 0 Å². The Bertz CT molecular complexity index is 596. The monoisotopic (exact) mass is 311 g/mol. The molecule has 0 atom stereocenters. The lowest BCUT2D eigenvalue weighted by molar-refractivity contribution is 0.0640. The molecule has 2 rings (SSSR count). The van der Waals surface area contributed by atoms with Crippen molar-refractivity contribution in [2.45, 2.75) is 19.6 Å². The lowest BCUT2D eigenvalue weighted by Crippen LogP contribution is -2.46. The molecule has 114 valence electrons. The molecule has 0 unspecified atom stereocenters. The molecule has 0 heterocycles. The predicted octanol–water partition coefficient (Wildman–Crippen LogP) is 3.85. The molecule has 2 aromatic carbocycles. The van der Waals surface area contributed by atoms with E-state index in [1.807, 2.05) is 36.4 Å². The first-order valence-electron chi connectivity index (χ1n) is 7.35. The number of benzene rings is 2. The smallest absolute Gasteiger partial charge is 0.260 e. The Morgan fingerprint density at radius 1 is 0.773 bits per heavy atom. The molecular formula is C18H21NO2Si. The van der Waals surface area contributed by atoms with Gasteiger partial charge in [-0.15, -0.1) is 0 Å². The number of carbonyl (C=O) groups excluding carboxylic acids is 2. The molecule has 0 aliphatic heterocycles. The first-order valence-corrected chi connectivity index (χ1v) is 11.1. The maximum Gasteiger partial charge on any atom is 0.260 e. The average molecular weight is 311 g/mol. The molecule has 0 spiro atoms. The van der Waals surface area contributed by atoms with E-state index in [0.717, 1.165) is 0 Å². The Morgan fingerprint density at radius 3 is 1.45 bits per heavy atom. The minimum Gasteiger partial charge on any atom is -0.277 e. The molecule has 4 heteroatoms. The molecule has 2 aromatic rings. The van der Waals surface area contributed by atoms with Gasteiger partial charge < -0.3 is 0 Å². The van der Waals surface area contributed by atoms with E-state index in [4.69, 9.17) is 0 Å². The van der Waals surface area contributed by atoms with Gasteiger partial charge in [0.15, 0.2) is 0 Å². The van der Waals surface area contributed by atoms with Crippen molar-refractivity contribution in [3.05, 3.63) is 71.8 Å². The third-order valence-electron chi connectivity index (χ3n) is 3.16. The normalized spacial score (nSPS) is 11.0. The fraction of sp³-hybridized carbons (Fsp3) is 0.222. The highest BCUT2D eigenvalue weighted by Crippen LogP contribution is 2.14. The van der Waals surface area contributed by atoms with E-state index in [2.05, 4.69) is 19.6 Å². The molecule has 0 fully saturated rings. The first-order chi connectivity index (χ1) is 10.4.